The van der Waals surface area contributed by atoms with Crippen LogP contribution in [0.1, 0.15) is 32.8 Å². The molecule has 1 aliphatic rings. The largest absolute Gasteiger partial charge is 0.370 e. The van der Waals surface area contributed by atoms with Gasteiger partial charge in [-0.05, 0) is 12.5 Å². The zero-order valence-corrected chi connectivity index (χ0v) is 10.6. The molecule has 1 N–H and O–H groups in total. The number of carbonyl (C=O) groups excluding carboxylic acids is 1. The highest BCUT2D eigenvalue weighted by molar-refractivity contribution is 5.80. The van der Waals surface area contributed by atoms with E-state index in [1.54, 1.807) is 11.8 Å². The van der Waals surface area contributed by atoms with Gasteiger partial charge in [-0.15, -0.1) is 0 Å². The lowest BCUT2D eigenvalue weighted by Crippen LogP contribution is -2.49. The van der Waals surface area contributed by atoms with Crippen molar-refractivity contribution >= 4 is 5.91 Å². The van der Waals surface area contributed by atoms with Gasteiger partial charge in [0.2, 0.25) is 5.91 Å². The molecule has 0 aromatic heterocycles. The summed E-state index contributed by atoms with van der Waals surface area (Å²) in [6.07, 6.45) is 0.396. The summed E-state index contributed by atoms with van der Waals surface area (Å²) in [6, 6.07) is 9.76. The fourth-order valence-electron chi connectivity index (χ4n) is 2.26. The number of hydrogen-bond acceptors (Lipinski definition) is 2. The molecule has 0 spiro atoms. The highest BCUT2D eigenvalue weighted by Crippen LogP contribution is 2.44. The van der Waals surface area contributed by atoms with Crippen molar-refractivity contribution < 1.29 is 9.90 Å². The van der Waals surface area contributed by atoms with Crippen molar-refractivity contribution in [2.45, 2.75) is 39.5 Å². The Kier molecular flexibility index (Phi) is 2.74. The topological polar surface area (TPSA) is 40.5 Å². The highest BCUT2D eigenvalue weighted by Gasteiger charge is 2.53. The van der Waals surface area contributed by atoms with Crippen molar-refractivity contribution in [3.05, 3.63) is 35.9 Å². The number of likely N-dealkylation sites (tertiary alicyclic amines) is 1. The van der Waals surface area contributed by atoms with E-state index in [1.165, 1.54) is 0 Å². The van der Waals surface area contributed by atoms with E-state index in [-0.39, 0.29) is 5.91 Å². The van der Waals surface area contributed by atoms with E-state index < -0.39 is 11.1 Å². The van der Waals surface area contributed by atoms with Crippen molar-refractivity contribution in [2.24, 2.45) is 5.41 Å². The molecular weight excluding hydrogens is 214 g/mol. The van der Waals surface area contributed by atoms with Crippen molar-refractivity contribution in [2.75, 3.05) is 0 Å². The van der Waals surface area contributed by atoms with Gasteiger partial charge in [0.05, 0.1) is 0 Å². The van der Waals surface area contributed by atoms with E-state index in [9.17, 15) is 9.90 Å². The number of benzene rings is 1. The molecule has 1 aromatic rings. The quantitative estimate of drug-likeness (QED) is 0.850. The van der Waals surface area contributed by atoms with Gasteiger partial charge >= 0.3 is 0 Å². The molecule has 1 aromatic carbocycles. The minimum absolute atomic E-state index is 0.0175. The molecule has 1 atom stereocenters. The van der Waals surface area contributed by atoms with Gasteiger partial charge in [0.15, 0.2) is 0 Å². The zero-order chi connectivity index (χ0) is 12.7. The summed E-state index contributed by atoms with van der Waals surface area (Å²) in [5.74, 6) is 0.0175. The van der Waals surface area contributed by atoms with E-state index in [4.69, 9.17) is 0 Å². The third-order valence-electron chi connectivity index (χ3n) is 3.89. The van der Waals surface area contributed by atoms with E-state index in [0.717, 1.165) is 5.56 Å². The van der Waals surface area contributed by atoms with Gasteiger partial charge in [-0.1, -0.05) is 44.2 Å². The monoisotopic (exact) mass is 233 g/mol. The van der Waals surface area contributed by atoms with Crippen LogP contribution in [0.3, 0.4) is 0 Å². The van der Waals surface area contributed by atoms with Crippen LogP contribution < -0.4 is 0 Å². The van der Waals surface area contributed by atoms with Crippen LogP contribution in [0.2, 0.25) is 0 Å². The number of hydrogen-bond donors (Lipinski definition) is 1. The third-order valence-corrected chi connectivity index (χ3v) is 3.89. The lowest BCUT2D eigenvalue weighted by molar-refractivity contribution is -0.155. The average Bonchev–Trinajstić information content (AvgIpc) is 2.39. The van der Waals surface area contributed by atoms with Crippen LogP contribution in [0.5, 0.6) is 0 Å². The van der Waals surface area contributed by atoms with Crippen LogP contribution >= 0.6 is 0 Å². The summed E-state index contributed by atoms with van der Waals surface area (Å²) in [4.78, 5) is 13.5. The number of amides is 1. The second-order valence-electron chi connectivity index (χ2n) is 5.55. The maximum Gasteiger partial charge on any atom is 0.225 e. The van der Waals surface area contributed by atoms with Crippen molar-refractivity contribution in [3.8, 4) is 0 Å². The Hall–Kier alpha value is -1.35. The van der Waals surface area contributed by atoms with Crippen LogP contribution in [0.25, 0.3) is 0 Å². The summed E-state index contributed by atoms with van der Waals surface area (Å²) in [5.41, 5.74) is -0.447. The van der Waals surface area contributed by atoms with E-state index in [2.05, 4.69) is 0 Å². The minimum atomic E-state index is -1.08. The summed E-state index contributed by atoms with van der Waals surface area (Å²) >= 11 is 0. The molecule has 0 bridgehead atoms. The molecule has 1 fully saturated rings. The molecule has 92 valence electrons. The van der Waals surface area contributed by atoms with Crippen LogP contribution in [0, 0.1) is 5.41 Å². The molecule has 1 unspecified atom stereocenters. The molecule has 1 heterocycles. The summed E-state index contributed by atoms with van der Waals surface area (Å²) in [7, 11) is 0. The molecule has 1 amide bonds. The predicted molar refractivity (Wildman–Crippen MR) is 66.0 cm³/mol. The standard InChI is InChI=1S/C14H19NO2/c1-13(2)9-12(16)15(14(13,3)17)10-11-7-5-4-6-8-11/h4-8,17H,9-10H2,1-3H3. The first-order valence-electron chi connectivity index (χ1n) is 5.91. The smallest absolute Gasteiger partial charge is 0.225 e. The summed E-state index contributed by atoms with van der Waals surface area (Å²) < 4.78 is 0. The summed E-state index contributed by atoms with van der Waals surface area (Å²) in [6.45, 7) is 6.04. The van der Waals surface area contributed by atoms with Gasteiger partial charge < -0.3 is 10.0 Å². The molecule has 1 saturated heterocycles. The Morgan fingerprint density at radius 2 is 1.82 bits per heavy atom. The SMILES string of the molecule is CC1(C)CC(=O)N(Cc2ccccc2)C1(C)O. The maximum atomic E-state index is 12.0. The van der Waals surface area contributed by atoms with E-state index in [0.29, 0.717) is 13.0 Å². The third kappa shape index (κ3) is 1.95. The molecule has 2 rings (SSSR count). The number of nitrogens with zero attached hydrogens (tertiary/aromatic N) is 1. The van der Waals surface area contributed by atoms with Crippen molar-refractivity contribution in [1.82, 2.24) is 4.90 Å². The first-order valence-corrected chi connectivity index (χ1v) is 5.91. The predicted octanol–water partition coefficient (Wildman–Crippen LogP) is 2.15. The Morgan fingerprint density at radius 3 is 2.29 bits per heavy atom. The lowest BCUT2D eigenvalue weighted by atomic mass is 9.82. The van der Waals surface area contributed by atoms with Crippen LogP contribution in [0.4, 0.5) is 0 Å². The van der Waals surface area contributed by atoms with E-state index >= 15 is 0 Å². The Bertz CT molecular complexity index is 423. The fourth-order valence-corrected chi connectivity index (χ4v) is 2.26. The normalized spacial score (nSPS) is 27.5. The Balaban J connectivity index is 2.25. The van der Waals surface area contributed by atoms with Crippen LogP contribution in [-0.2, 0) is 11.3 Å². The molecule has 0 radical (unpaired) electrons. The minimum Gasteiger partial charge on any atom is -0.370 e. The van der Waals surface area contributed by atoms with Gasteiger partial charge in [0.1, 0.15) is 5.72 Å². The van der Waals surface area contributed by atoms with Crippen LogP contribution in [0.15, 0.2) is 30.3 Å². The summed E-state index contributed by atoms with van der Waals surface area (Å²) in [5, 5.41) is 10.5. The lowest BCUT2D eigenvalue weighted by Gasteiger charge is -2.38. The molecule has 3 heteroatoms. The van der Waals surface area contributed by atoms with E-state index in [1.807, 2.05) is 44.2 Å². The molecule has 17 heavy (non-hydrogen) atoms. The Labute approximate surface area is 102 Å². The second kappa shape index (κ2) is 3.84. The van der Waals surface area contributed by atoms with Gasteiger partial charge in [-0.25, -0.2) is 0 Å². The maximum absolute atomic E-state index is 12.0. The number of aliphatic hydroxyl groups is 1. The highest BCUT2D eigenvalue weighted by atomic mass is 16.3. The second-order valence-corrected chi connectivity index (χ2v) is 5.55. The number of rotatable bonds is 2. The first kappa shape index (κ1) is 12.1. The van der Waals surface area contributed by atoms with Crippen LogP contribution in [-0.4, -0.2) is 21.6 Å². The molecule has 0 aliphatic carbocycles. The average molecular weight is 233 g/mol. The zero-order valence-electron chi connectivity index (χ0n) is 10.6. The van der Waals surface area contributed by atoms with Gasteiger partial charge in [-0.3, -0.25) is 4.79 Å². The Morgan fingerprint density at radius 1 is 1.24 bits per heavy atom. The van der Waals surface area contributed by atoms with Crippen molar-refractivity contribution in [1.29, 1.82) is 0 Å². The molecular formula is C14H19NO2. The fraction of sp³-hybridized carbons (Fsp3) is 0.500. The van der Waals surface area contributed by atoms with Crippen molar-refractivity contribution in [3.63, 3.8) is 0 Å². The molecule has 0 saturated carbocycles. The van der Waals surface area contributed by atoms with Gasteiger partial charge in [0.25, 0.3) is 0 Å². The van der Waals surface area contributed by atoms with Gasteiger partial charge in [0, 0.05) is 18.4 Å². The number of carbonyl (C=O) groups is 1. The van der Waals surface area contributed by atoms with Gasteiger partial charge in [-0.2, -0.15) is 0 Å². The molecule has 3 nitrogen and oxygen atoms in total. The molecule has 1 aliphatic heterocycles. The first-order chi connectivity index (χ1) is 7.84.